The summed E-state index contributed by atoms with van der Waals surface area (Å²) < 4.78 is 5.66. The Kier molecular flexibility index (Phi) is 11.1. The third kappa shape index (κ3) is 8.58. The van der Waals surface area contributed by atoms with Gasteiger partial charge in [-0.15, -0.1) is 0 Å². The van der Waals surface area contributed by atoms with Crippen LogP contribution in [0.2, 0.25) is 0 Å². The van der Waals surface area contributed by atoms with Crippen LogP contribution in [0.4, 0.5) is 0 Å². The van der Waals surface area contributed by atoms with E-state index in [1.807, 2.05) is 0 Å². The fourth-order valence-corrected chi connectivity index (χ4v) is 5.06. The van der Waals surface area contributed by atoms with Gasteiger partial charge < -0.3 is 4.74 Å². The summed E-state index contributed by atoms with van der Waals surface area (Å²) in [6, 6.07) is 18.6. The van der Waals surface area contributed by atoms with Gasteiger partial charge in [-0.05, 0) is 98.8 Å². The first kappa shape index (κ1) is 24.8. The van der Waals surface area contributed by atoms with E-state index in [1.54, 1.807) is 0 Å². The zero-order valence-electron chi connectivity index (χ0n) is 20.5. The van der Waals surface area contributed by atoms with Crippen molar-refractivity contribution in [3.63, 3.8) is 0 Å². The largest absolute Gasteiger partial charge is 0.377 e. The Bertz CT molecular complexity index is 763. The van der Waals surface area contributed by atoms with Crippen LogP contribution in [0.5, 0.6) is 0 Å². The van der Waals surface area contributed by atoms with Crippen molar-refractivity contribution in [3.05, 3.63) is 82.9 Å². The van der Waals surface area contributed by atoms with Crippen molar-refractivity contribution in [1.29, 1.82) is 0 Å². The molecule has 3 rings (SSSR count). The summed E-state index contributed by atoms with van der Waals surface area (Å²) in [7, 11) is 0. The molecule has 1 saturated carbocycles. The molecule has 0 amide bonds. The van der Waals surface area contributed by atoms with Gasteiger partial charge in [-0.2, -0.15) is 0 Å². The number of allylic oxidation sites excluding steroid dienone is 2. The van der Waals surface area contributed by atoms with E-state index in [0.29, 0.717) is 0 Å². The highest BCUT2D eigenvalue weighted by Crippen LogP contribution is 2.37. The van der Waals surface area contributed by atoms with E-state index >= 15 is 0 Å². The number of hydrogen-bond acceptors (Lipinski definition) is 1. The molecule has 0 N–H and O–H groups in total. The molecule has 0 heterocycles. The van der Waals surface area contributed by atoms with Crippen molar-refractivity contribution in [3.8, 4) is 0 Å². The minimum absolute atomic E-state index is 0.752. The maximum atomic E-state index is 5.66. The van der Waals surface area contributed by atoms with Crippen LogP contribution in [-0.4, -0.2) is 6.61 Å². The Hall–Kier alpha value is -1.86. The van der Waals surface area contributed by atoms with E-state index < -0.39 is 0 Å². The van der Waals surface area contributed by atoms with Crippen molar-refractivity contribution >= 4 is 0 Å². The first-order valence-electron chi connectivity index (χ1n) is 13.1. The fourth-order valence-electron chi connectivity index (χ4n) is 5.06. The van der Waals surface area contributed by atoms with Gasteiger partial charge in [0.05, 0.1) is 6.61 Å². The molecule has 0 aromatic heterocycles. The van der Waals surface area contributed by atoms with Gasteiger partial charge in [-0.3, -0.25) is 0 Å². The van der Waals surface area contributed by atoms with Crippen molar-refractivity contribution < 1.29 is 4.74 Å². The second-order valence-electron chi connectivity index (χ2n) is 9.68. The van der Waals surface area contributed by atoms with Gasteiger partial charge in [0.15, 0.2) is 0 Å². The summed E-state index contributed by atoms with van der Waals surface area (Å²) in [6.45, 7) is 5.86. The maximum absolute atomic E-state index is 5.66. The lowest BCUT2D eigenvalue weighted by Crippen LogP contribution is -2.13. The number of hydrogen-bond donors (Lipinski definition) is 0. The predicted octanol–water partition coefficient (Wildman–Crippen LogP) is 8.81. The SMILES string of the molecule is CC=CCCc1ccc(CCCCC2CCC(c3ccc(COCCC)cc3)CC2)cc1. The highest BCUT2D eigenvalue weighted by molar-refractivity contribution is 5.25. The average molecular weight is 433 g/mol. The summed E-state index contributed by atoms with van der Waals surface area (Å²) in [6.07, 6.45) is 18.7. The minimum Gasteiger partial charge on any atom is -0.377 e. The molecule has 0 atom stereocenters. The molecule has 32 heavy (non-hydrogen) atoms. The highest BCUT2D eigenvalue weighted by atomic mass is 16.5. The Morgan fingerprint density at radius 2 is 1.47 bits per heavy atom. The third-order valence-corrected chi connectivity index (χ3v) is 7.10. The van der Waals surface area contributed by atoms with Crippen molar-refractivity contribution in [2.75, 3.05) is 6.61 Å². The van der Waals surface area contributed by atoms with Crippen molar-refractivity contribution in [2.24, 2.45) is 5.92 Å². The summed E-state index contributed by atoms with van der Waals surface area (Å²) >= 11 is 0. The molecule has 2 aromatic carbocycles. The zero-order chi connectivity index (χ0) is 22.4. The smallest absolute Gasteiger partial charge is 0.0716 e. The molecule has 1 heteroatoms. The van der Waals surface area contributed by atoms with Crippen LogP contribution in [0.1, 0.15) is 99.8 Å². The van der Waals surface area contributed by atoms with E-state index in [0.717, 1.165) is 44.3 Å². The lowest BCUT2D eigenvalue weighted by Gasteiger charge is -2.29. The van der Waals surface area contributed by atoms with E-state index in [4.69, 9.17) is 4.74 Å². The number of rotatable bonds is 13. The molecule has 2 aromatic rings. The molecule has 0 bridgehead atoms. The monoisotopic (exact) mass is 432 g/mol. The molecule has 1 aliphatic rings. The molecule has 0 unspecified atom stereocenters. The van der Waals surface area contributed by atoms with Crippen LogP contribution in [0.15, 0.2) is 60.7 Å². The van der Waals surface area contributed by atoms with Crippen LogP contribution in [0, 0.1) is 5.92 Å². The van der Waals surface area contributed by atoms with Gasteiger partial charge in [0.1, 0.15) is 0 Å². The topological polar surface area (TPSA) is 9.23 Å². The van der Waals surface area contributed by atoms with E-state index in [-0.39, 0.29) is 0 Å². The zero-order valence-corrected chi connectivity index (χ0v) is 20.5. The van der Waals surface area contributed by atoms with Crippen LogP contribution in [-0.2, 0) is 24.2 Å². The van der Waals surface area contributed by atoms with Gasteiger partial charge in [-0.1, -0.05) is 80.4 Å². The van der Waals surface area contributed by atoms with Gasteiger partial charge in [-0.25, -0.2) is 0 Å². The Labute approximate surface area is 197 Å². The van der Waals surface area contributed by atoms with Crippen molar-refractivity contribution in [2.45, 2.75) is 97.0 Å². The standard InChI is InChI=1S/C31H44O/c1-3-5-6-9-26-12-14-27(15-13-26)10-7-8-11-28-16-20-30(21-17-28)31-22-18-29(19-23-31)25-32-24-4-2/h3,5,12-15,18-19,22-23,28,30H,4,6-11,16-17,20-21,24-25H2,1-2H3. The molecule has 0 spiro atoms. The third-order valence-electron chi connectivity index (χ3n) is 7.10. The predicted molar refractivity (Wildman–Crippen MR) is 138 cm³/mol. The average Bonchev–Trinajstić information content (AvgIpc) is 2.84. The first-order chi connectivity index (χ1) is 15.8. The van der Waals surface area contributed by atoms with Gasteiger partial charge >= 0.3 is 0 Å². The summed E-state index contributed by atoms with van der Waals surface area (Å²) in [5.74, 6) is 1.71. The number of ether oxygens (including phenoxy) is 1. The van der Waals surface area contributed by atoms with Crippen molar-refractivity contribution in [1.82, 2.24) is 0 Å². The first-order valence-corrected chi connectivity index (χ1v) is 13.1. The number of aryl methyl sites for hydroxylation is 2. The normalized spacial score (nSPS) is 18.9. The van der Waals surface area contributed by atoms with Crippen LogP contribution < -0.4 is 0 Å². The molecule has 1 fully saturated rings. The summed E-state index contributed by atoms with van der Waals surface area (Å²) in [5.41, 5.74) is 5.81. The Balaban J connectivity index is 1.30. The van der Waals surface area contributed by atoms with Gasteiger partial charge in [0.2, 0.25) is 0 Å². The quantitative estimate of drug-likeness (QED) is 0.227. The molecular weight excluding hydrogens is 388 g/mol. The van der Waals surface area contributed by atoms with Crippen LogP contribution in [0.25, 0.3) is 0 Å². The molecule has 1 nitrogen and oxygen atoms in total. The number of benzene rings is 2. The van der Waals surface area contributed by atoms with E-state index in [2.05, 4.69) is 74.5 Å². The second-order valence-corrected chi connectivity index (χ2v) is 9.68. The molecule has 0 saturated heterocycles. The van der Waals surface area contributed by atoms with E-state index in [1.165, 1.54) is 73.6 Å². The summed E-state index contributed by atoms with van der Waals surface area (Å²) in [4.78, 5) is 0. The minimum atomic E-state index is 0.752. The maximum Gasteiger partial charge on any atom is 0.0716 e. The fraction of sp³-hybridized carbons (Fsp3) is 0.548. The van der Waals surface area contributed by atoms with E-state index in [9.17, 15) is 0 Å². The van der Waals surface area contributed by atoms with Gasteiger partial charge in [0.25, 0.3) is 0 Å². The molecular formula is C31H44O. The van der Waals surface area contributed by atoms with Crippen LogP contribution >= 0.6 is 0 Å². The second kappa shape index (κ2) is 14.3. The lowest BCUT2D eigenvalue weighted by atomic mass is 9.77. The molecule has 174 valence electrons. The molecule has 0 aliphatic heterocycles. The highest BCUT2D eigenvalue weighted by Gasteiger charge is 2.22. The Morgan fingerprint density at radius 3 is 2.12 bits per heavy atom. The van der Waals surface area contributed by atoms with Gasteiger partial charge in [0, 0.05) is 6.61 Å². The molecule has 0 radical (unpaired) electrons. The number of unbranched alkanes of at least 4 members (excludes halogenated alkanes) is 1. The molecule has 1 aliphatic carbocycles. The summed E-state index contributed by atoms with van der Waals surface area (Å²) in [5, 5.41) is 0. The van der Waals surface area contributed by atoms with Crippen LogP contribution in [0.3, 0.4) is 0 Å². The lowest BCUT2D eigenvalue weighted by molar-refractivity contribution is 0.121. The Morgan fingerprint density at radius 1 is 0.812 bits per heavy atom.